The van der Waals surface area contributed by atoms with Crippen molar-refractivity contribution in [1.82, 2.24) is 9.97 Å². The van der Waals surface area contributed by atoms with Gasteiger partial charge in [0.05, 0.1) is 25.8 Å². The molecule has 2 atom stereocenters. The van der Waals surface area contributed by atoms with Crippen LogP contribution in [-0.4, -0.2) is 59.6 Å². The smallest absolute Gasteiger partial charge is 0.314 e. The molecule has 0 bridgehead atoms. The van der Waals surface area contributed by atoms with Gasteiger partial charge in [-0.2, -0.15) is 4.98 Å². The van der Waals surface area contributed by atoms with E-state index in [4.69, 9.17) is 15.2 Å². The van der Waals surface area contributed by atoms with Gasteiger partial charge < -0.3 is 30.3 Å². The Morgan fingerprint density at radius 3 is 2.61 bits per heavy atom. The third-order valence-electron chi connectivity index (χ3n) is 5.41. The number of aliphatic carboxylic acids is 1. The number of aliphatic hydroxyl groups excluding tert-OH is 1. The van der Waals surface area contributed by atoms with E-state index in [0.717, 1.165) is 0 Å². The van der Waals surface area contributed by atoms with Gasteiger partial charge >= 0.3 is 5.97 Å². The molecule has 1 fully saturated rings. The second-order valence-electron chi connectivity index (χ2n) is 7.07. The Hall–Kier alpha value is -2.81. The highest BCUT2D eigenvalue weighted by molar-refractivity contribution is 5.91. The maximum absolute atomic E-state index is 12.0. The van der Waals surface area contributed by atoms with Crippen LogP contribution >= 0.6 is 0 Å². The highest BCUT2D eigenvalue weighted by Crippen LogP contribution is 2.38. The van der Waals surface area contributed by atoms with Crippen LogP contribution in [0.2, 0.25) is 0 Å². The quantitative estimate of drug-likeness (QED) is 0.674. The van der Waals surface area contributed by atoms with Crippen molar-refractivity contribution in [2.75, 3.05) is 37.9 Å². The Kier molecular flexibility index (Phi) is 5.46. The normalized spacial score (nSPS) is 22.3. The summed E-state index contributed by atoms with van der Waals surface area (Å²) >= 11 is 0. The maximum atomic E-state index is 12.0. The molecule has 1 aromatic heterocycles. The third kappa shape index (κ3) is 3.26. The molecule has 4 N–H and O–H groups in total. The standard InChI is InChI=1S/C19H26N4O5/c1-4-6-19(17(25)26)10-23(7-5-15(19)24)18-21-12-9-14(28-3)13(27-2)8-11(12)16(20)22-18/h8-9,15,24H,4-7,10H2,1-3H3,(H,25,26)(H2,20,21,22)/t15-,19-/m1/s1. The van der Waals surface area contributed by atoms with Crippen molar-refractivity contribution in [3.63, 3.8) is 0 Å². The number of nitrogens with two attached hydrogens (primary N) is 1. The van der Waals surface area contributed by atoms with Crippen LogP contribution in [0.3, 0.4) is 0 Å². The van der Waals surface area contributed by atoms with Gasteiger partial charge in [-0.05, 0) is 18.9 Å². The molecule has 1 aromatic carbocycles. The van der Waals surface area contributed by atoms with Gasteiger partial charge in [0.2, 0.25) is 5.95 Å². The first-order chi connectivity index (χ1) is 13.4. The zero-order valence-corrected chi connectivity index (χ0v) is 16.3. The number of nitrogen functional groups attached to an aromatic ring is 1. The molecule has 2 aromatic rings. The number of carboxylic acid groups (broad SMARTS) is 1. The van der Waals surface area contributed by atoms with Gasteiger partial charge in [-0.25, -0.2) is 4.98 Å². The van der Waals surface area contributed by atoms with E-state index >= 15 is 0 Å². The number of carbonyl (C=O) groups is 1. The molecular weight excluding hydrogens is 364 g/mol. The maximum Gasteiger partial charge on any atom is 0.314 e. The lowest BCUT2D eigenvalue weighted by atomic mass is 9.74. The molecule has 1 aliphatic rings. The molecule has 0 radical (unpaired) electrons. The summed E-state index contributed by atoms with van der Waals surface area (Å²) in [6, 6.07) is 3.43. The van der Waals surface area contributed by atoms with Crippen LogP contribution in [0.15, 0.2) is 12.1 Å². The second-order valence-corrected chi connectivity index (χ2v) is 7.07. The van der Waals surface area contributed by atoms with Crippen LogP contribution < -0.4 is 20.1 Å². The average Bonchev–Trinajstić information content (AvgIpc) is 2.68. The monoisotopic (exact) mass is 390 g/mol. The minimum atomic E-state index is -1.25. The molecule has 0 aliphatic carbocycles. The fraction of sp³-hybridized carbons (Fsp3) is 0.526. The summed E-state index contributed by atoms with van der Waals surface area (Å²) in [5.74, 6) is 0.632. The lowest BCUT2D eigenvalue weighted by Crippen LogP contribution is -2.56. The van der Waals surface area contributed by atoms with Crippen LogP contribution in [0.4, 0.5) is 11.8 Å². The van der Waals surface area contributed by atoms with Crippen LogP contribution in [0, 0.1) is 5.41 Å². The Morgan fingerprint density at radius 1 is 1.32 bits per heavy atom. The summed E-state index contributed by atoms with van der Waals surface area (Å²) in [4.78, 5) is 22.8. The fourth-order valence-corrected chi connectivity index (χ4v) is 3.87. The van der Waals surface area contributed by atoms with Gasteiger partial charge in [-0.1, -0.05) is 13.3 Å². The van der Waals surface area contributed by atoms with E-state index in [9.17, 15) is 15.0 Å². The summed E-state index contributed by atoms with van der Waals surface area (Å²) in [5.41, 5.74) is 5.47. The van der Waals surface area contributed by atoms with Crippen molar-refractivity contribution in [2.45, 2.75) is 32.3 Å². The molecule has 9 heteroatoms. The Labute approximate surface area is 163 Å². The predicted octanol–water partition coefficient (Wildman–Crippen LogP) is 1.67. The molecule has 0 spiro atoms. The predicted molar refractivity (Wildman–Crippen MR) is 105 cm³/mol. The molecule has 3 rings (SSSR count). The van der Waals surface area contributed by atoms with Crippen LogP contribution in [0.25, 0.3) is 10.9 Å². The van der Waals surface area contributed by atoms with Crippen LogP contribution in [0.5, 0.6) is 11.5 Å². The number of nitrogens with zero attached hydrogens (tertiary/aromatic N) is 3. The van der Waals surface area contributed by atoms with Crippen molar-refractivity contribution in [1.29, 1.82) is 0 Å². The highest BCUT2D eigenvalue weighted by atomic mass is 16.5. The van der Waals surface area contributed by atoms with E-state index in [0.29, 0.717) is 54.2 Å². The average molecular weight is 390 g/mol. The molecule has 152 valence electrons. The number of aliphatic hydroxyl groups is 1. The first-order valence-electron chi connectivity index (χ1n) is 9.22. The summed E-state index contributed by atoms with van der Waals surface area (Å²) in [7, 11) is 3.07. The lowest BCUT2D eigenvalue weighted by Gasteiger charge is -2.43. The van der Waals surface area contributed by atoms with Crippen molar-refractivity contribution < 1.29 is 24.5 Å². The zero-order valence-electron chi connectivity index (χ0n) is 16.3. The van der Waals surface area contributed by atoms with Crippen molar-refractivity contribution in [2.24, 2.45) is 5.41 Å². The number of hydrogen-bond acceptors (Lipinski definition) is 8. The number of aromatic nitrogens is 2. The molecule has 0 unspecified atom stereocenters. The van der Waals surface area contributed by atoms with Gasteiger partial charge in [-0.3, -0.25) is 4.79 Å². The Morgan fingerprint density at radius 2 is 2.00 bits per heavy atom. The fourth-order valence-electron chi connectivity index (χ4n) is 3.87. The van der Waals surface area contributed by atoms with E-state index < -0.39 is 17.5 Å². The number of rotatable bonds is 6. The van der Waals surface area contributed by atoms with Gasteiger partial charge in [0, 0.05) is 24.5 Å². The van der Waals surface area contributed by atoms with Crippen LogP contribution in [-0.2, 0) is 4.79 Å². The third-order valence-corrected chi connectivity index (χ3v) is 5.41. The topological polar surface area (TPSA) is 131 Å². The number of benzene rings is 1. The first kappa shape index (κ1) is 19.9. The molecular formula is C19H26N4O5. The van der Waals surface area contributed by atoms with E-state index in [1.54, 1.807) is 17.0 Å². The molecule has 1 saturated heterocycles. The van der Waals surface area contributed by atoms with Crippen molar-refractivity contribution >= 4 is 28.6 Å². The minimum absolute atomic E-state index is 0.121. The number of piperidine rings is 1. The van der Waals surface area contributed by atoms with E-state index in [1.807, 2.05) is 6.92 Å². The van der Waals surface area contributed by atoms with Crippen molar-refractivity contribution in [3.8, 4) is 11.5 Å². The SMILES string of the molecule is CCC[C@@]1(C(=O)O)CN(c2nc(N)c3cc(OC)c(OC)cc3n2)CC[C@H]1O. The first-order valence-corrected chi connectivity index (χ1v) is 9.22. The van der Waals surface area contributed by atoms with E-state index in [2.05, 4.69) is 9.97 Å². The lowest BCUT2D eigenvalue weighted by molar-refractivity contribution is -0.158. The number of hydrogen-bond donors (Lipinski definition) is 3. The number of methoxy groups -OCH3 is 2. The van der Waals surface area contributed by atoms with Gasteiger partial charge in [0.25, 0.3) is 0 Å². The molecule has 28 heavy (non-hydrogen) atoms. The summed E-state index contributed by atoms with van der Waals surface area (Å²) < 4.78 is 10.6. The number of anilines is 2. The zero-order chi connectivity index (χ0) is 20.5. The molecule has 2 heterocycles. The van der Waals surface area contributed by atoms with E-state index in [-0.39, 0.29) is 12.4 Å². The molecule has 9 nitrogen and oxygen atoms in total. The summed E-state index contributed by atoms with van der Waals surface area (Å²) in [6.45, 7) is 2.47. The van der Waals surface area contributed by atoms with Crippen LogP contribution in [0.1, 0.15) is 26.2 Å². The van der Waals surface area contributed by atoms with Gasteiger partial charge in [0.1, 0.15) is 11.2 Å². The highest BCUT2D eigenvalue weighted by Gasteiger charge is 2.49. The van der Waals surface area contributed by atoms with Gasteiger partial charge in [0.15, 0.2) is 11.5 Å². The number of carboxylic acids is 1. The van der Waals surface area contributed by atoms with Gasteiger partial charge in [-0.15, -0.1) is 0 Å². The minimum Gasteiger partial charge on any atom is -0.493 e. The summed E-state index contributed by atoms with van der Waals surface area (Å²) in [5, 5.41) is 20.9. The molecule has 0 saturated carbocycles. The Balaban J connectivity index is 2.04. The number of fused-ring (bicyclic) bond motifs is 1. The number of ether oxygens (including phenoxy) is 2. The van der Waals surface area contributed by atoms with E-state index in [1.165, 1.54) is 14.2 Å². The second kappa shape index (κ2) is 7.67. The Bertz CT molecular complexity index is 890. The summed E-state index contributed by atoms with van der Waals surface area (Å²) in [6.07, 6.45) is 0.422. The van der Waals surface area contributed by atoms with Crippen molar-refractivity contribution in [3.05, 3.63) is 12.1 Å². The molecule has 0 amide bonds. The largest absolute Gasteiger partial charge is 0.493 e. The molecule has 1 aliphatic heterocycles.